The number of hydrogen-bond donors (Lipinski definition) is 1. The van der Waals surface area contributed by atoms with Gasteiger partial charge in [0.15, 0.2) is 0 Å². The van der Waals surface area contributed by atoms with Crippen molar-refractivity contribution in [3.8, 4) is 0 Å². The fourth-order valence-electron chi connectivity index (χ4n) is 4.51. The van der Waals surface area contributed by atoms with E-state index in [9.17, 15) is 4.79 Å². The first kappa shape index (κ1) is 15.2. The van der Waals surface area contributed by atoms with Gasteiger partial charge in [-0.2, -0.15) is 0 Å². The topological polar surface area (TPSA) is 44.7 Å². The van der Waals surface area contributed by atoms with Crippen LogP contribution in [-0.2, 0) is 11.3 Å². The van der Waals surface area contributed by atoms with E-state index in [0.717, 1.165) is 49.8 Å². The van der Waals surface area contributed by atoms with Crippen molar-refractivity contribution >= 4 is 23.3 Å². The summed E-state index contributed by atoms with van der Waals surface area (Å²) in [7, 11) is 0. The third-order valence-electron chi connectivity index (χ3n) is 5.67. The summed E-state index contributed by atoms with van der Waals surface area (Å²) in [5, 5.41) is 3.77. The molecule has 23 heavy (non-hydrogen) atoms. The van der Waals surface area contributed by atoms with Gasteiger partial charge >= 0.3 is 0 Å². The molecule has 3 aliphatic rings. The Labute approximate surface area is 141 Å². The van der Waals surface area contributed by atoms with Gasteiger partial charge in [-0.3, -0.25) is 14.7 Å². The van der Waals surface area contributed by atoms with E-state index < -0.39 is 5.54 Å². The van der Waals surface area contributed by atoms with E-state index in [1.165, 1.54) is 5.56 Å². The van der Waals surface area contributed by atoms with Crippen molar-refractivity contribution in [2.75, 3.05) is 13.1 Å². The molecule has 1 spiro atoms. The van der Waals surface area contributed by atoms with Crippen molar-refractivity contribution in [2.45, 2.75) is 38.3 Å². The number of carbonyl (C=O) groups excluding carboxylic acids is 1. The Bertz CT molecular complexity index is 657. The van der Waals surface area contributed by atoms with Gasteiger partial charge in [0.05, 0.1) is 0 Å². The third kappa shape index (κ3) is 2.48. The zero-order valence-electron chi connectivity index (χ0n) is 13.4. The summed E-state index contributed by atoms with van der Waals surface area (Å²) in [6, 6.07) is 8.05. The van der Waals surface area contributed by atoms with Crippen LogP contribution in [0.1, 0.15) is 31.7 Å². The normalized spacial score (nSPS) is 33.1. The second-order valence-corrected chi connectivity index (χ2v) is 7.45. The number of carbonyl (C=O) groups is 1. The molecule has 1 N–H and O–H groups in total. The largest absolute Gasteiger partial charge is 0.312 e. The van der Waals surface area contributed by atoms with E-state index in [4.69, 9.17) is 16.6 Å². The Morgan fingerprint density at radius 1 is 1.35 bits per heavy atom. The average molecular weight is 332 g/mol. The number of amidine groups is 1. The molecule has 1 amide bonds. The number of nitrogens with one attached hydrogen (secondary N) is 1. The number of fused-ring (bicyclic) bond motifs is 2. The van der Waals surface area contributed by atoms with Crippen molar-refractivity contribution < 1.29 is 4.79 Å². The number of likely N-dealkylation sites (tertiary alicyclic amines) is 1. The van der Waals surface area contributed by atoms with Crippen LogP contribution in [0.4, 0.5) is 0 Å². The summed E-state index contributed by atoms with van der Waals surface area (Å²) < 4.78 is 0. The van der Waals surface area contributed by atoms with Crippen molar-refractivity contribution in [3.63, 3.8) is 0 Å². The summed E-state index contributed by atoms with van der Waals surface area (Å²) in [5.41, 5.74) is 0.794. The van der Waals surface area contributed by atoms with E-state index in [0.29, 0.717) is 11.8 Å². The van der Waals surface area contributed by atoms with Crippen molar-refractivity contribution in [2.24, 2.45) is 16.8 Å². The minimum absolute atomic E-state index is 0.134. The van der Waals surface area contributed by atoms with Crippen LogP contribution < -0.4 is 5.32 Å². The monoisotopic (exact) mass is 331 g/mol. The Hall–Kier alpha value is -1.39. The van der Waals surface area contributed by atoms with E-state index in [1.54, 1.807) is 0 Å². The fourth-order valence-corrected chi connectivity index (χ4v) is 4.64. The molecule has 0 aromatic heterocycles. The number of hydrogen-bond acceptors (Lipinski definition) is 3. The van der Waals surface area contributed by atoms with Crippen LogP contribution in [-0.4, -0.2) is 35.3 Å². The summed E-state index contributed by atoms with van der Waals surface area (Å²) in [4.78, 5) is 19.8. The maximum absolute atomic E-state index is 12.6. The van der Waals surface area contributed by atoms with Gasteiger partial charge < -0.3 is 5.32 Å². The van der Waals surface area contributed by atoms with Gasteiger partial charge in [-0.15, -0.1) is 0 Å². The Morgan fingerprint density at radius 2 is 2.13 bits per heavy atom. The highest BCUT2D eigenvalue weighted by Crippen LogP contribution is 2.49. The van der Waals surface area contributed by atoms with E-state index in [-0.39, 0.29) is 5.91 Å². The number of rotatable bonds is 3. The Balaban J connectivity index is 1.50. The molecular formula is C18H22ClN3O. The number of aliphatic imine (C=N–C) groups is 1. The molecule has 1 saturated carbocycles. The van der Waals surface area contributed by atoms with Crippen molar-refractivity contribution in [1.82, 2.24) is 10.2 Å². The standard InChI is InChI=1S/C18H22ClN3O/c1-2-16-20-17(23)18(21-16)8-7-13-10-22(11-15(13)18)9-12-3-5-14(19)6-4-12/h3-6,13,15H,2,7-11H2,1H3,(H,20,21,23)/t13-,15+,18-/m1/s1. The number of nitrogens with zero attached hydrogens (tertiary/aromatic N) is 2. The zero-order valence-corrected chi connectivity index (χ0v) is 14.1. The number of amides is 1. The number of benzene rings is 1. The lowest BCUT2D eigenvalue weighted by molar-refractivity contribution is -0.125. The summed E-state index contributed by atoms with van der Waals surface area (Å²) in [6.07, 6.45) is 2.82. The average Bonchev–Trinajstić information content (AvgIpc) is 3.18. The molecular weight excluding hydrogens is 310 g/mol. The quantitative estimate of drug-likeness (QED) is 0.925. The summed E-state index contributed by atoms with van der Waals surface area (Å²) >= 11 is 5.96. The highest BCUT2D eigenvalue weighted by atomic mass is 35.5. The molecule has 0 bridgehead atoms. The molecule has 122 valence electrons. The summed E-state index contributed by atoms with van der Waals surface area (Å²) in [6.45, 7) is 5.00. The third-order valence-corrected chi connectivity index (χ3v) is 5.92. The highest BCUT2D eigenvalue weighted by molar-refractivity contribution is 6.30. The molecule has 1 saturated heterocycles. The second kappa shape index (κ2) is 5.60. The minimum atomic E-state index is -0.481. The molecule has 1 aliphatic carbocycles. The van der Waals surface area contributed by atoms with Crippen molar-refractivity contribution in [1.29, 1.82) is 0 Å². The zero-order chi connectivity index (χ0) is 16.0. The van der Waals surface area contributed by atoms with Crippen LogP contribution in [0.25, 0.3) is 0 Å². The van der Waals surface area contributed by atoms with Crippen LogP contribution in [0.2, 0.25) is 5.02 Å². The van der Waals surface area contributed by atoms with Crippen LogP contribution in [0.15, 0.2) is 29.3 Å². The van der Waals surface area contributed by atoms with Gasteiger partial charge in [-0.25, -0.2) is 0 Å². The predicted molar refractivity (Wildman–Crippen MR) is 91.5 cm³/mol. The van der Waals surface area contributed by atoms with E-state index in [2.05, 4.69) is 22.3 Å². The maximum atomic E-state index is 12.6. The first-order chi connectivity index (χ1) is 11.1. The minimum Gasteiger partial charge on any atom is -0.312 e. The van der Waals surface area contributed by atoms with Crippen LogP contribution in [0.5, 0.6) is 0 Å². The fraction of sp³-hybridized carbons (Fsp3) is 0.556. The molecule has 0 radical (unpaired) electrons. The summed E-state index contributed by atoms with van der Waals surface area (Å²) in [5.74, 6) is 1.95. The van der Waals surface area contributed by atoms with Gasteiger partial charge in [0, 0.05) is 37.0 Å². The molecule has 1 aromatic rings. The Morgan fingerprint density at radius 3 is 2.83 bits per heavy atom. The molecule has 1 aromatic carbocycles. The van der Waals surface area contributed by atoms with E-state index in [1.807, 2.05) is 19.1 Å². The molecule has 2 fully saturated rings. The molecule has 2 heterocycles. The van der Waals surface area contributed by atoms with Gasteiger partial charge in [0.1, 0.15) is 11.4 Å². The van der Waals surface area contributed by atoms with Gasteiger partial charge in [0.25, 0.3) is 5.91 Å². The SMILES string of the molecule is CCC1=N[C@@]2(CC[C@@H]3CN(Cc4ccc(Cl)cc4)C[C@@H]32)C(=O)N1. The lowest BCUT2D eigenvalue weighted by Crippen LogP contribution is -2.44. The Kier molecular flexibility index (Phi) is 3.69. The molecule has 4 nitrogen and oxygen atoms in total. The lowest BCUT2D eigenvalue weighted by Gasteiger charge is -2.25. The van der Waals surface area contributed by atoms with Crippen LogP contribution in [0.3, 0.4) is 0 Å². The first-order valence-electron chi connectivity index (χ1n) is 8.47. The predicted octanol–water partition coefficient (Wildman–Crippen LogP) is 2.86. The molecule has 3 atom stereocenters. The molecule has 4 rings (SSSR count). The first-order valence-corrected chi connectivity index (χ1v) is 8.85. The van der Waals surface area contributed by atoms with E-state index >= 15 is 0 Å². The van der Waals surface area contributed by atoms with Gasteiger partial charge in [-0.05, 0) is 36.5 Å². The molecule has 2 aliphatic heterocycles. The van der Waals surface area contributed by atoms with Crippen LogP contribution >= 0.6 is 11.6 Å². The van der Waals surface area contributed by atoms with Gasteiger partial charge in [-0.1, -0.05) is 30.7 Å². The highest BCUT2D eigenvalue weighted by Gasteiger charge is 2.58. The maximum Gasteiger partial charge on any atom is 0.253 e. The smallest absolute Gasteiger partial charge is 0.253 e. The second-order valence-electron chi connectivity index (χ2n) is 7.02. The number of halogens is 1. The molecule has 5 heteroatoms. The van der Waals surface area contributed by atoms with Crippen LogP contribution in [0, 0.1) is 11.8 Å². The lowest BCUT2D eigenvalue weighted by atomic mass is 9.85. The van der Waals surface area contributed by atoms with Crippen molar-refractivity contribution in [3.05, 3.63) is 34.9 Å². The molecule has 0 unspecified atom stereocenters. The van der Waals surface area contributed by atoms with Gasteiger partial charge in [0.2, 0.25) is 0 Å².